The van der Waals surface area contributed by atoms with Gasteiger partial charge in [0.05, 0.1) is 12.6 Å². The van der Waals surface area contributed by atoms with E-state index in [-0.39, 0.29) is 29.7 Å². The van der Waals surface area contributed by atoms with Crippen LogP contribution < -0.4 is 5.69 Å². The number of hydrogen-bond donors (Lipinski definition) is 0. The Balaban J connectivity index is 1.74. The summed E-state index contributed by atoms with van der Waals surface area (Å²) >= 11 is 5.88. The zero-order valence-electron chi connectivity index (χ0n) is 17.1. The van der Waals surface area contributed by atoms with Crippen LogP contribution in [0.3, 0.4) is 0 Å². The maximum absolute atomic E-state index is 14.1. The summed E-state index contributed by atoms with van der Waals surface area (Å²) < 4.78 is 55.3. The first-order valence-electron chi connectivity index (χ1n) is 9.67. The van der Waals surface area contributed by atoms with E-state index in [0.29, 0.717) is 16.9 Å². The topological polar surface area (TPSA) is 100 Å². The summed E-state index contributed by atoms with van der Waals surface area (Å²) in [5.74, 6) is -1.10. The van der Waals surface area contributed by atoms with Gasteiger partial charge in [0.25, 0.3) is 0 Å². The molecule has 0 spiro atoms. The number of halogens is 5. The minimum atomic E-state index is -4.49. The lowest BCUT2D eigenvalue weighted by Gasteiger charge is -2.08. The van der Waals surface area contributed by atoms with Crippen molar-refractivity contribution in [1.82, 2.24) is 34.1 Å². The second-order valence-corrected chi connectivity index (χ2v) is 7.47. The standard InChI is InChI=1S/C20H14ClF4N7O2/c21-13-3-1-12(2-4-13)18-29-31(19(34)30(18)8-6-20(23,24)25)10-16-27-17(11-33)32(28-16)15-5-7-26-9-14(15)22/h1-5,7,9,11H,6,8,10H2. The van der Waals surface area contributed by atoms with Gasteiger partial charge >= 0.3 is 11.9 Å². The minimum Gasteiger partial charge on any atom is -0.294 e. The van der Waals surface area contributed by atoms with Crippen LogP contribution in [0.15, 0.2) is 47.5 Å². The van der Waals surface area contributed by atoms with E-state index in [0.717, 1.165) is 20.1 Å². The molecule has 0 unspecified atom stereocenters. The van der Waals surface area contributed by atoms with Gasteiger partial charge in [-0.3, -0.25) is 14.3 Å². The Labute approximate surface area is 193 Å². The molecule has 0 radical (unpaired) electrons. The molecule has 9 nitrogen and oxygen atoms in total. The Kier molecular flexibility index (Phi) is 6.28. The molecule has 3 heterocycles. The third-order valence-electron chi connectivity index (χ3n) is 4.70. The van der Waals surface area contributed by atoms with Crippen LogP contribution in [0.1, 0.15) is 22.9 Å². The molecule has 14 heteroatoms. The van der Waals surface area contributed by atoms with E-state index in [2.05, 4.69) is 20.2 Å². The van der Waals surface area contributed by atoms with E-state index < -0.39 is 30.6 Å². The first-order chi connectivity index (χ1) is 16.2. The largest absolute Gasteiger partial charge is 0.390 e. The third-order valence-corrected chi connectivity index (χ3v) is 4.95. The van der Waals surface area contributed by atoms with Crippen molar-refractivity contribution in [3.05, 3.63) is 75.7 Å². The monoisotopic (exact) mass is 495 g/mol. The molecule has 0 N–H and O–H groups in total. The van der Waals surface area contributed by atoms with Gasteiger partial charge in [-0.15, -0.1) is 10.2 Å². The Morgan fingerprint density at radius 3 is 2.47 bits per heavy atom. The van der Waals surface area contributed by atoms with Gasteiger partial charge in [-0.25, -0.2) is 23.5 Å². The number of hydrogen-bond acceptors (Lipinski definition) is 6. The number of aromatic nitrogens is 7. The lowest BCUT2D eigenvalue weighted by atomic mass is 10.2. The molecule has 0 saturated heterocycles. The fourth-order valence-electron chi connectivity index (χ4n) is 3.16. The predicted molar refractivity (Wildman–Crippen MR) is 111 cm³/mol. The summed E-state index contributed by atoms with van der Waals surface area (Å²) in [7, 11) is 0. The number of benzene rings is 1. The number of alkyl halides is 3. The lowest BCUT2D eigenvalue weighted by molar-refractivity contribution is -0.136. The minimum absolute atomic E-state index is 0.0128. The van der Waals surface area contributed by atoms with Crippen LogP contribution in [-0.2, 0) is 13.1 Å². The molecule has 0 bridgehead atoms. The smallest absolute Gasteiger partial charge is 0.294 e. The SMILES string of the molecule is O=Cc1nc(Cn2nc(-c3ccc(Cl)cc3)n(CCC(F)(F)F)c2=O)nn1-c1ccncc1F. The lowest BCUT2D eigenvalue weighted by Crippen LogP contribution is -2.27. The van der Waals surface area contributed by atoms with Crippen molar-refractivity contribution in [2.45, 2.75) is 25.7 Å². The molecular weight excluding hydrogens is 482 g/mol. The zero-order chi connectivity index (χ0) is 24.5. The molecule has 0 aliphatic heterocycles. The van der Waals surface area contributed by atoms with E-state index in [4.69, 9.17) is 11.6 Å². The Morgan fingerprint density at radius 1 is 1.09 bits per heavy atom. The summed E-state index contributed by atoms with van der Waals surface area (Å²) in [5.41, 5.74) is -0.567. The summed E-state index contributed by atoms with van der Waals surface area (Å²) in [4.78, 5) is 31.9. The Morgan fingerprint density at radius 2 is 1.82 bits per heavy atom. The molecule has 4 rings (SSSR count). The van der Waals surface area contributed by atoms with Crippen LogP contribution in [0.2, 0.25) is 5.02 Å². The first-order valence-corrected chi connectivity index (χ1v) is 10.1. The zero-order valence-corrected chi connectivity index (χ0v) is 17.8. The van der Waals surface area contributed by atoms with Crippen LogP contribution in [0.5, 0.6) is 0 Å². The maximum atomic E-state index is 14.1. The first kappa shape index (κ1) is 23.3. The fraction of sp³-hybridized carbons (Fsp3) is 0.200. The van der Waals surface area contributed by atoms with Crippen molar-refractivity contribution in [3.63, 3.8) is 0 Å². The number of rotatable bonds is 7. The molecule has 0 aliphatic carbocycles. The normalized spacial score (nSPS) is 11.7. The summed E-state index contributed by atoms with van der Waals surface area (Å²) in [6.07, 6.45) is -3.18. The van der Waals surface area contributed by atoms with E-state index in [1.165, 1.54) is 36.5 Å². The maximum Gasteiger partial charge on any atom is 0.390 e. The van der Waals surface area contributed by atoms with Gasteiger partial charge in [0, 0.05) is 23.3 Å². The molecule has 176 valence electrons. The highest BCUT2D eigenvalue weighted by Gasteiger charge is 2.28. The molecule has 0 aliphatic rings. The van der Waals surface area contributed by atoms with Crippen LogP contribution in [-0.4, -0.2) is 46.6 Å². The molecule has 3 aromatic heterocycles. The highest BCUT2D eigenvalue weighted by atomic mass is 35.5. The van der Waals surface area contributed by atoms with E-state index in [1.807, 2.05) is 0 Å². The van der Waals surface area contributed by atoms with E-state index >= 15 is 0 Å². The molecule has 34 heavy (non-hydrogen) atoms. The number of carbonyl (C=O) groups excluding carboxylic acids is 1. The predicted octanol–water partition coefficient (Wildman–Crippen LogP) is 3.29. The van der Waals surface area contributed by atoms with Crippen LogP contribution in [0.4, 0.5) is 17.6 Å². The van der Waals surface area contributed by atoms with Crippen LogP contribution in [0, 0.1) is 5.82 Å². The van der Waals surface area contributed by atoms with Crippen molar-refractivity contribution in [1.29, 1.82) is 0 Å². The molecule has 0 fully saturated rings. The molecule has 0 atom stereocenters. The highest BCUT2D eigenvalue weighted by Crippen LogP contribution is 2.23. The van der Waals surface area contributed by atoms with E-state index in [1.54, 1.807) is 0 Å². The van der Waals surface area contributed by atoms with Crippen LogP contribution in [0.25, 0.3) is 17.1 Å². The Bertz CT molecular complexity index is 1390. The molecule has 0 amide bonds. The van der Waals surface area contributed by atoms with Crippen molar-refractivity contribution >= 4 is 17.9 Å². The number of nitrogens with zero attached hydrogens (tertiary/aromatic N) is 7. The van der Waals surface area contributed by atoms with Gasteiger partial charge < -0.3 is 0 Å². The quantitative estimate of drug-likeness (QED) is 0.288. The van der Waals surface area contributed by atoms with E-state index in [9.17, 15) is 27.2 Å². The molecular formula is C20H14ClF4N7O2. The van der Waals surface area contributed by atoms with Crippen molar-refractivity contribution in [2.75, 3.05) is 0 Å². The number of carbonyl (C=O) groups is 1. The summed E-state index contributed by atoms with van der Waals surface area (Å²) in [6.45, 7) is -1.04. The number of pyridine rings is 1. The average Bonchev–Trinajstić information content (AvgIpc) is 3.33. The van der Waals surface area contributed by atoms with Gasteiger partial charge in [-0.05, 0) is 30.3 Å². The highest BCUT2D eigenvalue weighted by molar-refractivity contribution is 6.30. The molecule has 0 saturated carbocycles. The van der Waals surface area contributed by atoms with Gasteiger partial charge in [-0.1, -0.05) is 11.6 Å². The second kappa shape index (κ2) is 9.17. The summed E-state index contributed by atoms with van der Waals surface area (Å²) in [5, 5.41) is 8.61. The van der Waals surface area contributed by atoms with Gasteiger partial charge in [-0.2, -0.15) is 13.2 Å². The number of aldehydes is 1. The van der Waals surface area contributed by atoms with Gasteiger partial charge in [0.15, 0.2) is 29.6 Å². The van der Waals surface area contributed by atoms with Crippen molar-refractivity contribution < 1.29 is 22.4 Å². The second-order valence-electron chi connectivity index (χ2n) is 7.03. The van der Waals surface area contributed by atoms with Crippen LogP contribution >= 0.6 is 11.6 Å². The van der Waals surface area contributed by atoms with Crippen molar-refractivity contribution in [2.24, 2.45) is 0 Å². The fourth-order valence-corrected chi connectivity index (χ4v) is 3.29. The average molecular weight is 496 g/mol. The summed E-state index contributed by atoms with van der Waals surface area (Å²) in [6, 6.07) is 7.33. The molecule has 1 aromatic carbocycles. The van der Waals surface area contributed by atoms with Gasteiger partial charge in [0.2, 0.25) is 0 Å². The van der Waals surface area contributed by atoms with Crippen molar-refractivity contribution in [3.8, 4) is 17.1 Å². The Hall–Kier alpha value is -3.87. The third kappa shape index (κ3) is 4.88. The van der Waals surface area contributed by atoms with Gasteiger partial charge in [0.1, 0.15) is 12.2 Å². The molecule has 4 aromatic rings.